The summed E-state index contributed by atoms with van der Waals surface area (Å²) in [5.41, 5.74) is 5.08. The van der Waals surface area contributed by atoms with Crippen LogP contribution < -0.4 is 5.69 Å². The van der Waals surface area contributed by atoms with Crippen LogP contribution in [0.15, 0.2) is 53.7 Å². The van der Waals surface area contributed by atoms with Gasteiger partial charge in [-0.2, -0.15) is 5.21 Å². The third-order valence-corrected chi connectivity index (χ3v) is 7.75. The van der Waals surface area contributed by atoms with Crippen LogP contribution in [0.1, 0.15) is 64.3 Å². The lowest BCUT2D eigenvalue weighted by Gasteiger charge is -2.45. The van der Waals surface area contributed by atoms with E-state index in [-0.39, 0.29) is 11.7 Å². The molecule has 3 atom stereocenters. The van der Waals surface area contributed by atoms with Crippen LogP contribution in [0.3, 0.4) is 0 Å². The Balaban J connectivity index is 1.57. The minimum absolute atomic E-state index is 0.0876. The highest BCUT2D eigenvalue weighted by Crippen LogP contribution is 2.47. The van der Waals surface area contributed by atoms with E-state index in [1.807, 2.05) is 39.6 Å². The predicted octanol–water partition coefficient (Wildman–Crippen LogP) is 5.14. The molecule has 1 aliphatic rings. The highest BCUT2D eigenvalue weighted by atomic mass is 16.1. The third kappa shape index (κ3) is 4.40. The molecule has 1 saturated carbocycles. The van der Waals surface area contributed by atoms with Crippen molar-refractivity contribution in [1.82, 2.24) is 34.7 Å². The number of unbranched alkanes of at least 4 members (excludes halogenated alkanes) is 1. The number of aromatic amines is 1. The Morgan fingerprint density at radius 2 is 1.94 bits per heavy atom. The Labute approximate surface area is 211 Å². The van der Waals surface area contributed by atoms with Crippen LogP contribution in [0, 0.1) is 17.8 Å². The van der Waals surface area contributed by atoms with Gasteiger partial charge in [-0.3, -0.25) is 14.1 Å². The van der Waals surface area contributed by atoms with Gasteiger partial charge in [-0.15, -0.1) is 10.2 Å². The van der Waals surface area contributed by atoms with Crippen molar-refractivity contribution in [3.63, 3.8) is 0 Å². The van der Waals surface area contributed by atoms with Gasteiger partial charge in [0.2, 0.25) is 5.82 Å². The smallest absolute Gasteiger partial charge is 0.295 e. The van der Waals surface area contributed by atoms with E-state index < -0.39 is 0 Å². The van der Waals surface area contributed by atoms with Gasteiger partial charge in [-0.1, -0.05) is 58.4 Å². The van der Waals surface area contributed by atoms with E-state index in [1.54, 1.807) is 6.20 Å². The fraction of sp³-hybridized carbons (Fsp3) is 0.464. The molecule has 8 heteroatoms. The Morgan fingerprint density at radius 3 is 2.64 bits per heavy atom. The van der Waals surface area contributed by atoms with Gasteiger partial charge in [-0.25, -0.2) is 4.79 Å². The first-order chi connectivity index (χ1) is 17.5. The Bertz CT molecular complexity index is 1370. The maximum atomic E-state index is 13.9. The molecule has 4 aromatic rings. The molecule has 0 amide bonds. The topological polar surface area (TPSA) is 94.3 Å². The average molecular weight is 486 g/mol. The normalized spacial score (nSPS) is 19.5. The number of imidazole rings is 1. The van der Waals surface area contributed by atoms with Gasteiger partial charge in [0, 0.05) is 35.9 Å². The van der Waals surface area contributed by atoms with Gasteiger partial charge in [-0.05, 0) is 65.0 Å². The first kappa shape index (κ1) is 24.2. The molecule has 0 bridgehead atoms. The summed E-state index contributed by atoms with van der Waals surface area (Å²) in [5, 5.41) is 14.7. The third-order valence-electron chi connectivity index (χ3n) is 7.75. The summed E-state index contributed by atoms with van der Waals surface area (Å²) in [6.45, 7) is 9.48. The second kappa shape index (κ2) is 10.2. The number of aryl methyl sites for hydroxylation is 1. The van der Waals surface area contributed by atoms with Crippen LogP contribution in [-0.2, 0) is 13.0 Å². The number of nitrogens with zero attached hydrogens (tertiary/aromatic N) is 6. The molecule has 1 N–H and O–H groups in total. The average Bonchev–Trinajstić information content (AvgIpc) is 3.51. The number of benzene rings is 1. The van der Waals surface area contributed by atoms with Crippen LogP contribution in [0.25, 0.3) is 22.5 Å². The summed E-state index contributed by atoms with van der Waals surface area (Å²) in [6.07, 6.45) is 10.0. The lowest BCUT2D eigenvalue weighted by atomic mass is 9.66. The van der Waals surface area contributed by atoms with Gasteiger partial charge in [0.1, 0.15) is 0 Å². The molecule has 5 rings (SSSR count). The van der Waals surface area contributed by atoms with Gasteiger partial charge in [0.05, 0.1) is 6.54 Å². The minimum atomic E-state index is 0.0876. The lowest BCUT2D eigenvalue weighted by molar-refractivity contribution is 0.0538. The highest BCUT2D eigenvalue weighted by molar-refractivity contribution is 5.81. The lowest BCUT2D eigenvalue weighted by Crippen LogP contribution is -2.44. The quantitative estimate of drug-likeness (QED) is 0.354. The van der Waals surface area contributed by atoms with Crippen LogP contribution in [0.2, 0.25) is 0 Å². The molecule has 0 radical (unpaired) electrons. The fourth-order valence-electron chi connectivity index (χ4n) is 5.74. The summed E-state index contributed by atoms with van der Waals surface area (Å²) in [7, 11) is 0. The van der Waals surface area contributed by atoms with E-state index in [2.05, 4.69) is 65.6 Å². The Hall–Kier alpha value is -3.55. The minimum Gasteiger partial charge on any atom is -0.295 e. The Kier molecular flexibility index (Phi) is 6.85. The van der Waals surface area contributed by atoms with E-state index in [0.717, 1.165) is 47.2 Å². The first-order valence-corrected chi connectivity index (χ1v) is 13.1. The number of tetrazole rings is 1. The molecular weight excluding hydrogens is 450 g/mol. The van der Waals surface area contributed by atoms with Crippen molar-refractivity contribution in [3.05, 3.63) is 70.7 Å². The second-order valence-electron chi connectivity index (χ2n) is 10.4. The van der Waals surface area contributed by atoms with Crippen LogP contribution in [0.5, 0.6) is 0 Å². The monoisotopic (exact) mass is 485 g/mol. The standard InChI is InChI=1S/C28H35N7O/c1-5-6-9-21-17-35(26-19(4)14-25(26)18(2)3)28(36)34(21)16-20-15-29-13-12-22(20)23-10-7-8-11-24(23)27-30-32-33-31-27/h7-8,10-13,15,17-19,25-26H,5-6,9,14,16H2,1-4H3,(H,30,31,32,33). The van der Waals surface area contributed by atoms with Crippen molar-refractivity contribution in [2.45, 2.75) is 66.0 Å². The molecule has 0 spiro atoms. The number of pyridine rings is 1. The molecular formula is C28H35N7O. The van der Waals surface area contributed by atoms with Gasteiger partial charge < -0.3 is 0 Å². The largest absolute Gasteiger partial charge is 0.328 e. The van der Waals surface area contributed by atoms with Crippen molar-refractivity contribution < 1.29 is 0 Å². The maximum absolute atomic E-state index is 13.9. The van der Waals surface area contributed by atoms with Crippen LogP contribution in [0.4, 0.5) is 0 Å². The SMILES string of the molecule is CCCCc1cn(C2C(C)CC2C(C)C)c(=O)n1Cc1cnccc1-c1ccccc1-c1nn[nH]n1. The molecule has 1 fully saturated rings. The van der Waals surface area contributed by atoms with Crippen LogP contribution in [-0.4, -0.2) is 34.7 Å². The van der Waals surface area contributed by atoms with Crippen molar-refractivity contribution >= 4 is 0 Å². The zero-order valence-corrected chi connectivity index (χ0v) is 21.6. The van der Waals surface area contributed by atoms with E-state index >= 15 is 0 Å². The molecule has 8 nitrogen and oxygen atoms in total. The second-order valence-corrected chi connectivity index (χ2v) is 10.4. The van der Waals surface area contributed by atoms with E-state index in [4.69, 9.17) is 0 Å². The Morgan fingerprint density at radius 1 is 1.14 bits per heavy atom. The van der Waals surface area contributed by atoms with Gasteiger partial charge in [0.15, 0.2) is 0 Å². The molecule has 1 aromatic carbocycles. The van der Waals surface area contributed by atoms with E-state index in [0.29, 0.717) is 30.1 Å². The molecule has 1 aliphatic carbocycles. The summed E-state index contributed by atoms with van der Waals surface area (Å²) in [6, 6.07) is 10.3. The summed E-state index contributed by atoms with van der Waals surface area (Å²) in [4.78, 5) is 18.3. The van der Waals surface area contributed by atoms with Crippen molar-refractivity contribution in [3.8, 4) is 22.5 Å². The number of rotatable bonds is 9. The molecule has 3 heterocycles. The number of aromatic nitrogens is 7. The predicted molar refractivity (Wildman–Crippen MR) is 140 cm³/mol. The van der Waals surface area contributed by atoms with E-state index in [9.17, 15) is 4.79 Å². The molecule has 3 unspecified atom stereocenters. The number of hydrogen-bond donors (Lipinski definition) is 1. The van der Waals surface area contributed by atoms with Gasteiger partial charge >= 0.3 is 5.69 Å². The van der Waals surface area contributed by atoms with Crippen molar-refractivity contribution in [2.75, 3.05) is 0 Å². The molecule has 3 aromatic heterocycles. The first-order valence-electron chi connectivity index (χ1n) is 13.1. The number of H-pyrrole nitrogens is 1. The fourth-order valence-corrected chi connectivity index (χ4v) is 5.74. The summed E-state index contributed by atoms with van der Waals surface area (Å²) >= 11 is 0. The van der Waals surface area contributed by atoms with Crippen LogP contribution >= 0.6 is 0 Å². The van der Waals surface area contributed by atoms with Crippen molar-refractivity contribution in [1.29, 1.82) is 0 Å². The maximum Gasteiger partial charge on any atom is 0.328 e. The molecule has 188 valence electrons. The molecule has 36 heavy (non-hydrogen) atoms. The highest BCUT2D eigenvalue weighted by Gasteiger charge is 2.42. The zero-order chi connectivity index (χ0) is 25.2. The molecule has 0 aliphatic heterocycles. The van der Waals surface area contributed by atoms with E-state index in [1.165, 1.54) is 6.42 Å². The number of hydrogen-bond acceptors (Lipinski definition) is 5. The molecule has 0 saturated heterocycles. The summed E-state index contributed by atoms with van der Waals surface area (Å²) < 4.78 is 4.00. The summed E-state index contributed by atoms with van der Waals surface area (Å²) in [5.74, 6) is 2.16. The zero-order valence-electron chi connectivity index (χ0n) is 21.6. The number of nitrogens with one attached hydrogen (secondary N) is 1. The van der Waals surface area contributed by atoms with Crippen molar-refractivity contribution in [2.24, 2.45) is 17.8 Å². The van der Waals surface area contributed by atoms with Gasteiger partial charge in [0.25, 0.3) is 0 Å².